The van der Waals surface area contributed by atoms with Crippen LogP contribution in [0.25, 0.3) is 0 Å². The first-order valence-electron chi connectivity index (χ1n) is 9.98. The predicted molar refractivity (Wildman–Crippen MR) is 98.7 cm³/mol. The smallest absolute Gasteiger partial charge is 0.122 e. The lowest BCUT2D eigenvalue weighted by atomic mass is 9.80. The standard InChI is InChI=1S/C19H38N2Si/c1-15(2)14-20-22(3,4)19-13-18(21-11-7-8-12-21)16-9-5-6-10-17(16)19/h15-20H,5-14H2,1-4H3. The van der Waals surface area contributed by atoms with Crippen molar-refractivity contribution in [1.29, 1.82) is 0 Å². The number of rotatable bonds is 5. The fourth-order valence-electron chi connectivity index (χ4n) is 5.70. The van der Waals surface area contributed by atoms with Crippen molar-refractivity contribution in [3.63, 3.8) is 0 Å². The highest BCUT2D eigenvalue weighted by Crippen LogP contribution is 2.54. The summed E-state index contributed by atoms with van der Waals surface area (Å²) in [6.07, 6.45) is 10.5. The number of hydrogen-bond donors (Lipinski definition) is 1. The highest BCUT2D eigenvalue weighted by Gasteiger charge is 2.51. The maximum Gasteiger partial charge on any atom is 0.122 e. The van der Waals surface area contributed by atoms with E-state index in [2.05, 4.69) is 36.8 Å². The van der Waals surface area contributed by atoms with Gasteiger partial charge in [-0.1, -0.05) is 46.2 Å². The van der Waals surface area contributed by atoms with E-state index in [9.17, 15) is 0 Å². The van der Waals surface area contributed by atoms with Crippen LogP contribution >= 0.6 is 0 Å². The molecule has 2 nitrogen and oxygen atoms in total. The highest BCUT2D eigenvalue weighted by molar-refractivity contribution is 6.76. The van der Waals surface area contributed by atoms with Crippen LogP contribution in [-0.4, -0.2) is 38.8 Å². The van der Waals surface area contributed by atoms with E-state index in [0.717, 1.165) is 29.3 Å². The Hall–Kier alpha value is 0.137. The van der Waals surface area contributed by atoms with E-state index in [1.54, 1.807) is 0 Å². The summed E-state index contributed by atoms with van der Waals surface area (Å²) in [7, 11) is -1.31. The zero-order valence-corrected chi connectivity index (χ0v) is 16.4. The van der Waals surface area contributed by atoms with E-state index in [4.69, 9.17) is 0 Å². The van der Waals surface area contributed by atoms with Crippen molar-refractivity contribution in [2.24, 2.45) is 17.8 Å². The molecular formula is C19H38N2Si. The molecule has 128 valence electrons. The molecule has 3 aliphatic rings. The molecule has 0 spiro atoms. The van der Waals surface area contributed by atoms with Crippen LogP contribution in [0.4, 0.5) is 0 Å². The largest absolute Gasteiger partial charge is 0.337 e. The van der Waals surface area contributed by atoms with Gasteiger partial charge < -0.3 is 9.88 Å². The Morgan fingerprint density at radius 1 is 1.00 bits per heavy atom. The van der Waals surface area contributed by atoms with Crippen LogP contribution in [0, 0.1) is 17.8 Å². The molecule has 1 aliphatic heterocycles. The molecule has 1 N–H and O–H groups in total. The average molecular weight is 323 g/mol. The summed E-state index contributed by atoms with van der Waals surface area (Å²) in [5.41, 5.74) is 1.02. The van der Waals surface area contributed by atoms with Gasteiger partial charge in [0.15, 0.2) is 0 Å². The average Bonchev–Trinajstić information content (AvgIpc) is 3.12. The quantitative estimate of drug-likeness (QED) is 0.751. The Bertz CT molecular complexity index is 362. The summed E-state index contributed by atoms with van der Waals surface area (Å²) in [6.45, 7) is 14.0. The van der Waals surface area contributed by atoms with Crippen LogP contribution in [-0.2, 0) is 0 Å². The fourth-order valence-corrected chi connectivity index (χ4v) is 9.21. The molecule has 0 bridgehead atoms. The van der Waals surface area contributed by atoms with Crippen molar-refractivity contribution in [2.75, 3.05) is 19.6 Å². The number of likely N-dealkylation sites (tertiary alicyclic amines) is 1. The zero-order chi connectivity index (χ0) is 15.7. The Morgan fingerprint density at radius 3 is 2.27 bits per heavy atom. The molecule has 0 amide bonds. The monoisotopic (exact) mass is 322 g/mol. The van der Waals surface area contributed by atoms with Gasteiger partial charge in [0.2, 0.25) is 0 Å². The van der Waals surface area contributed by atoms with Gasteiger partial charge in [-0.15, -0.1) is 0 Å². The van der Waals surface area contributed by atoms with E-state index in [-0.39, 0.29) is 0 Å². The molecule has 0 aromatic heterocycles. The molecule has 22 heavy (non-hydrogen) atoms. The molecule has 3 fully saturated rings. The number of fused-ring (bicyclic) bond motifs is 1. The van der Waals surface area contributed by atoms with Gasteiger partial charge >= 0.3 is 0 Å². The molecule has 3 rings (SSSR count). The van der Waals surface area contributed by atoms with Crippen LogP contribution in [0.15, 0.2) is 0 Å². The summed E-state index contributed by atoms with van der Waals surface area (Å²) in [4.78, 5) is 6.95. The second-order valence-corrected chi connectivity index (χ2v) is 13.8. The predicted octanol–water partition coefficient (Wildman–Crippen LogP) is 4.48. The van der Waals surface area contributed by atoms with Crippen LogP contribution in [0.3, 0.4) is 0 Å². The fraction of sp³-hybridized carbons (Fsp3) is 1.00. The second-order valence-electron chi connectivity index (χ2n) is 9.26. The minimum absolute atomic E-state index is 0.782. The normalized spacial score (nSPS) is 37.0. The first-order valence-corrected chi connectivity index (χ1v) is 13.1. The molecular weight excluding hydrogens is 284 g/mol. The van der Waals surface area contributed by atoms with Crippen LogP contribution in [0.2, 0.25) is 18.6 Å². The van der Waals surface area contributed by atoms with Crippen molar-refractivity contribution < 1.29 is 0 Å². The Labute approximate surface area is 139 Å². The van der Waals surface area contributed by atoms with Gasteiger partial charge in [-0.3, -0.25) is 0 Å². The lowest BCUT2D eigenvalue weighted by Crippen LogP contribution is -2.51. The van der Waals surface area contributed by atoms with E-state index in [1.165, 1.54) is 64.6 Å². The molecule has 1 saturated heterocycles. The molecule has 1 heterocycles. The van der Waals surface area contributed by atoms with Gasteiger partial charge in [0, 0.05) is 6.04 Å². The maximum atomic E-state index is 4.06. The number of nitrogens with one attached hydrogen (secondary N) is 1. The summed E-state index contributed by atoms with van der Waals surface area (Å²) >= 11 is 0. The number of hydrogen-bond acceptors (Lipinski definition) is 2. The minimum atomic E-state index is -1.31. The zero-order valence-electron chi connectivity index (χ0n) is 15.4. The van der Waals surface area contributed by atoms with Gasteiger partial charge in [-0.05, 0) is 68.6 Å². The van der Waals surface area contributed by atoms with Crippen molar-refractivity contribution in [3.8, 4) is 0 Å². The van der Waals surface area contributed by atoms with Crippen LogP contribution < -0.4 is 4.98 Å². The third kappa shape index (κ3) is 3.46. The van der Waals surface area contributed by atoms with Gasteiger partial charge in [-0.2, -0.15) is 0 Å². The molecule has 0 aromatic rings. The van der Waals surface area contributed by atoms with E-state index >= 15 is 0 Å². The van der Waals surface area contributed by atoms with E-state index in [1.807, 2.05) is 0 Å². The summed E-state index contributed by atoms with van der Waals surface area (Å²) in [5, 5.41) is 0. The third-order valence-electron chi connectivity index (χ3n) is 6.88. The van der Waals surface area contributed by atoms with Crippen molar-refractivity contribution in [1.82, 2.24) is 9.88 Å². The maximum absolute atomic E-state index is 4.06. The molecule has 2 aliphatic carbocycles. The third-order valence-corrected chi connectivity index (χ3v) is 10.5. The molecule has 4 unspecified atom stereocenters. The van der Waals surface area contributed by atoms with Gasteiger partial charge in [-0.25, -0.2) is 0 Å². The molecule has 0 radical (unpaired) electrons. The Balaban J connectivity index is 1.72. The molecule has 3 heteroatoms. The Morgan fingerprint density at radius 2 is 1.64 bits per heavy atom. The first-order chi connectivity index (χ1) is 10.5. The van der Waals surface area contributed by atoms with Crippen molar-refractivity contribution in [2.45, 2.75) is 83.5 Å². The van der Waals surface area contributed by atoms with Crippen molar-refractivity contribution >= 4 is 8.24 Å². The lowest BCUT2D eigenvalue weighted by molar-refractivity contribution is 0.148. The lowest BCUT2D eigenvalue weighted by Gasteiger charge is -2.38. The van der Waals surface area contributed by atoms with Gasteiger partial charge in [0.05, 0.1) is 0 Å². The molecule has 4 atom stereocenters. The second kappa shape index (κ2) is 6.94. The minimum Gasteiger partial charge on any atom is -0.337 e. The summed E-state index contributed by atoms with van der Waals surface area (Å²) in [6, 6.07) is 0.936. The highest BCUT2D eigenvalue weighted by atomic mass is 28.3. The Kier molecular flexibility index (Phi) is 5.36. The SMILES string of the molecule is CC(C)CN[Si](C)(C)C1CC(N2CCCC2)C2CCCCC21. The first kappa shape index (κ1) is 17.0. The van der Waals surface area contributed by atoms with E-state index in [0.29, 0.717) is 0 Å². The number of nitrogens with zero attached hydrogens (tertiary/aromatic N) is 1. The molecule has 0 aromatic carbocycles. The van der Waals surface area contributed by atoms with Gasteiger partial charge in [0.1, 0.15) is 8.24 Å². The van der Waals surface area contributed by atoms with Crippen LogP contribution in [0.1, 0.15) is 58.8 Å². The topological polar surface area (TPSA) is 15.3 Å². The van der Waals surface area contributed by atoms with Crippen LogP contribution in [0.5, 0.6) is 0 Å². The van der Waals surface area contributed by atoms with Crippen molar-refractivity contribution in [3.05, 3.63) is 0 Å². The summed E-state index contributed by atoms with van der Waals surface area (Å²) < 4.78 is 0. The van der Waals surface area contributed by atoms with Gasteiger partial charge in [0.25, 0.3) is 0 Å². The van der Waals surface area contributed by atoms with E-state index < -0.39 is 8.24 Å². The summed E-state index contributed by atoms with van der Waals surface area (Å²) in [5.74, 6) is 2.86. The molecule has 2 saturated carbocycles.